The van der Waals surface area contributed by atoms with E-state index in [0.29, 0.717) is 38.8 Å². The predicted octanol–water partition coefficient (Wildman–Crippen LogP) is -0.179. The second kappa shape index (κ2) is 12.7. The van der Waals surface area contributed by atoms with Gasteiger partial charge in [-0.2, -0.15) is 0 Å². The fourth-order valence-corrected chi connectivity index (χ4v) is 2.73. The van der Waals surface area contributed by atoms with Crippen molar-refractivity contribution in [1.82, 2.24) is 0 Å². The summed E-state index contributed by atoms with van der Waals surface area (Å²) in [5.41, 5.74) is 22.2. The van der Waals surface area contributed by atoms with Crippen molar-refractivity contribution in [2.45, 2.75) is 61.4 Å². The number of ketones is 3. The lowest BCUT2D eigenvalue weighted by Crippen LogP contribution is -2.47. The van der Waals surface area contributed by atoms with E-state index in [4.69, 9.17) is 46.1 Å². The molecule has 0 spiro atoms. The van der Waals surface area contributed by atoms with Gasteiger partial charge in [0.05, 0.1) is 12.1 Å². The molecule has 0 rings (SSSR count). The zero-order chi connectivity index (χ0) is 18.7. The predicted molar refractivity (Wildman–Crippen MR) is 96.1 cm³/mol. The van der Waals surface area contributed by atoms with Gasteiger partial charge >= 0.3 is 0 Å². The molecule has 9 heteroatoms. The molecule has 0 aromatic rings. The molecule has 0 fully saturated rings. The second-order valence-corrected chi connectivity index (χ2v) is 6.59. The summed E-state index contributed by atoms with van der Waals surface area (Å²) in [6, 6.07) is -1.78. The summed E-state index contributed by atoms with van der Waals surface area (Å²) < 4.78 is 0. The molecule has 0 bridgehead atoms. The average Bonchev–Trinajstić information content (AvgIpc) is 2.58. The number of halogens is 2. The molecule has 0 radical (unpaired) electrons. The van der Waals surface area contributed by atoms with Crippen LogP contribution in [0.1, 0.15) is 38.5 Å². The van der Waals surface area contributed by atoms with Crippen molar-refractivity contribution in [1.29, 1.82) is 0 Å². The maximum Gasteiger partial charge on any atom is 0.183 e. The number of hydrogen-bond donors (Lipinski definition) is 4. The highest BCUT2D eigenvalue weighted by Crippen LogP contribution is 2.15. The summed E-state index contributed by atoms with van der Waals surface area (Å²) in [6.07, 6.45) is 3.47. The molecule has 4 atom stereocenters. The van der Waals surface area contributed by atoms with Crippen LogP contribution in [0.3, 0.4) is 0 Å². The van der Waals surface area contributed by atoms with E-state index in [1.807, 2.05) is 0 Å². The SMILES string of the molecule is NCCCCC(N)C(=O)C(Cl)C(=O)C(Cl)C(=O)C(N)CCCCN. The molecule has 8 N–H and O–H groups in total. The fourth-order valence-electron chi connectivity index (χ4n) is 2.09. The minimum absolute atomic E-state index is 0.367. The molecule has 140 valence electrons. The number of nitrogens with two attached hydrogens (primary N) is 4. The number of hydrogen-bond acceptors (Lipinski definition) is 7. The topological polar surface area (TPSA) is 155 Å². The standard InChI is InChI=1S/C15H28Cl2N4O3/c16-11(13(22)9(20)5-1-3-7-18)15(24)12(17)14(23)10(21)6-2-4-8-19/h9-12H,1-8,18-21H2. The molecule has 0 aromatic heterocycles. The quantitative estimate of drug-likeness (QED) is 0.184. The molecule has 0 saturated heterocycles. The molecule has 7 nitrogen and oxygen atoms in total. The maximum atomic E-state index is 12.1. The summed E-state index contributed by atoms with van der Waals surface area (Å²) in [5.74, 6) is -2.17. The largest absolute Gasteiger partial charge is 0.330 e. The number of Topliss-reactive ketones (excluding diaryl/α,β-unsaturated/α-hetero) is 3. The molecule has 0 amide bonds. The van der Waals surface area contributed by atoms with Gasteiger partial charge in [0.1, 0.15) is 0 Å². The Morgan fingerprint density at radius 1 is 0.667 bits per heavy atom. The normalized spacial score (nSPS) is 16.2. The van der Waals surface area contributed by atoms with Crippen molar-refractivity contribution in [2.24, 2.45) is 22.9 Å². The van der Waals surface area contributed by atoms with Gasteiger partial charge in [-0.1, -0.05) is 12.8 Å². The van der Waals surface area contributed by atoms with Gasteiger partial charge in [-0.25, -0.2) is 0 Å². The van der Waals surface area contributed by atoms with Crippen LogP contribution in [0.5, 0.6) is 0 Å². The van der Waals surface area contributed by atoms with Crippen LogP contribution in [-0.4, -0.2) is 53.3 Å². The smallest absolute Gasteiger partial charge is 0.183 e. The van der Waals surface area contributed by atoms with Crippen LogP contribution in [-0.2, 0) is 14.4 Å². The van der Waals surface area contributed by atoms with E-state index >= 15 is 0 Å². The molecule has 0 saturated carbocycles. The molecule has 0 aliphatic carbocycles. The van der Waals surface area contributed by atoms with Crippen molar-refractivity contribution in [2.75, 3.05) is 13.1 Å². The first-order valence-electron chi connectivity index (χ1n) is 8.08. The third kappa shape index (κ3) is 8.00. The monoisotopic (exact) mass is 382 g/mol. The molecule has 0 aliphatic heterocycles. The van der Waals surface area contributed by atoms with Crippen LogP contribution in [0.2, 0.25) is 0 Å². The van der Waals surface area contributed by atoms with Gasteiger partial charge in [0.15, 0.2) is 28.1 Å². The van der Waals surface area contributed by atoms with Gasteiger partial charge in [-0.3, -0.25) is 14.4 Å². The zero-order valence-corrected chi connectivity index (χ0v) is 15.3. The summed E-state index contributed by atoms with van der Waals surface area (Å²) in [5, 5.41) is -3.11. The van der Waals surface area contributed by atoms with Crippen molar-refractivity contribution < 1.29 is 14.4 Å². The van der Waals surface area contributed by atoms with Crippen LogP contribution in [0.15, 0.2) is 0 Å². The van der Waals surface area contributed by atoms with E-state index in [1.165, 1.54) is 0 Å². The molecule has 0 aromatic carbocycles. The summed E-state index contributed by atoms with van der Waals surface area (Å²) in [6.45, 7) is 0.981. The first-order valence-corrected chi connectivity index (χ1v) is 8.95. The minimum atomic E-state index is -1.56. The Bertz CT molecular complexity index is 388. The molecule has 24 heavy (non-hydrogen) atoms. The van der Waals surface area contributed by atoms with Crippen molar-refractivity contribution in [3.05, 3.63) is 0 Å². The molecule has 0 aliphatic rings. The number of carbonyl (C=O) groups is 3. The fraction of sp³-hybridized carbons (Fsp3) is 0.800. The Labute approximate surface area is 152 Å². The molecular weight excluding hydrogens is 355 g/mol. The lowest BCUT2D eigenvalue weighted by Gasteiger charge is -2.18. The van der Waals surface area contributed by atoms with E-state index in [9.17, 15) is 14.4 Å². The summed E-state index contributed by atoms with van der Waals surface area (Å²) in [7, 11) is 0. The van der Waals surface area contributed by atoms with E-state index in [2.05, 4.69) is 0 Å². The van der Waals surface area contributed by atoms with Crippen LogP contribution >= 0.6 is 23.2 Å². The third-order valence-electron chi connectivity index (χ3n) is 3.67. The van der Waals surface area contributed by atoms with Gasteiger partial charge < -0.3 is 22.9 Å². The molecular formula is C15H28Cl2N4O3. The van der Waals surface area contributed by atoms with Gasteiger partial charge in [-0.05, 0) is 38.8 Å². The van der Waals surface area contributed by atoms with Crippen LogP contribution in [0.4, 0.5) is 0 Å². The Morgan fingerprint density at radius 3 is 1.29 bits per heavy atom. The van der Waals surface area contributed by atoms with Gasteiger partial charge in [-0.15, -0.1) is 23.2 Å². The first kappa shape index (κ1) is 23.4. The number of alkyl halides is 2. The molecule has 0 heterocycles. The lowest BCUT2D eigenvalue weighted by molar-refractivity contribution is -0.130. The van der Waals surface area contributed by atoms with E-state index < -0.39 is 40.2 Å². The Balaban J connectivity index is 4.57. The van der Waals surface area contributed by atoms with Crippen molar-refractivity contribution in [3.63, 3.8) is 0 Å². The van der Waals surface area contributed by atoms with E-state index in [0.717, 1.165) is 12.8 Å². The third-order valence-corrected chi connectivity index (χ3v) is 4.53. The van der Waals surface area contributed by atoms with Crippen LogP contribution < -0.4 is 22.9 Å². The highest BCUT2D eigenvalue weighted by molar-refractivity contribution is 6.52. The first-order chi connectivity index (χ1) is 11.3. The second-order valence-electron chi connectivity index (χ2n) is 5.71. The van der Waals surface area contributed by atoms with E-state index in [-0.39, 0.29) is 0 Å². The van der Waals surface area contributed by atoms with Crippen LogP contribution in [0.25, 0.3) is 0 Å². The number of rotatable bonds is 14. The van der Waals surface area contributed by atoms with Gasteiger partial charge in [0, 0.05) is 0 Å². The number of unbranched alkanes of at least 4 members (excludes halogenated alkanes) is 2. The Morgan fingerprint density at radius 2 is 1.00 bits per heavy atom. The zero-order valence-electron chi connectivity index (χ0n) is 13.8. The van der Waals surface area contributed by atoms with Crippen molar-refractivity contribution >= 4 is 40.6 Å². The summed E-state index contributed by atoms with van der Waals surface area (Å²) >= 11 is 11.7. The van der Waals surface area contributed by atoms with Gasteiger partial charge in [0.25, 0.3) is 0 Å². The summed E-state index contributed by atoms with van der Waals surface area (Å²) in [4.78, 5) is 36.3. The average molecular weight is 383 g/mol. The maximum absolute atomic E-state index is 12.1. The highest BCUT2D eigenvalue weighted by Gasteiger charge is 2.37. The molecule has 4 unspecified atom stereocenters. The van der Waals surface area contributed by atoms with Crippen molar-refractivity contribution in [3.8, 4) is 0 Å². The number of carbonyl (C=O) groups excluding carboxylic acids is 3. The van der Waals surface area contributed by atoms with E-state index in [1.54, 1.807) is 0 Å². The Kier molecular flexibility index (Phi) is 12.4. The highest BCUT2D eigenvalue weighted by atomic mass is 35.5. The lowest BCUT2D eigenvalue weighted by atomic mass is 9.96. The van der Waals surface area contributed by atoms with Crippen LogP contribution in [0, 0.1) is 0 Å². The van der Waals surface area contributed by atoms with Gasteiger partial charge in [0.2, 0.25) is 0 Å². The minimum Gasteiger partial charge on any atom is -0.330 e. The Hall–Kier alpha value is -0.570.